The zero-order valence-corrected chi connectivity index (χ0v) is 7.17. The summed E-state index contributed by atoms with van der Waals surface area (Å²) < 4.78 is 5.21. The summed E-state index contributed by atoms with van der Waals surface area (Å²) in [5.74, 6) is 0.462. The van der Waals surface area contributed by atoms with E-state index < -0.39 is 0 Å². The van der Waals surface area contributed by atoms with Crippen LogP contribution >= 0.6 is 0 Å². The van der Waals surface area contributed by atoms with Gasteiger partial charge in [0.2, 0.25) is 0 Å². The van der Waals surface area contributed by atoms with Gasteiger partial charge in [0.15, 0.2) is 0 Å². The third kappa shape index (κ3) is 2.60. The molecule has 0 aromatic heterocycles. The molecule has 1 rings (SSSR count). The highest BCUT2D eigenvalue weighted by molar-refractivity contribution is 5.81. The topological polar surface area (TPSA) is 29.5 Å². The Morgan fingerprint density at radius 2 is 2.36 bits per heavy atom. The number of ketones is 1. The Bertz CT molecular complexity index is 145. The number of hydrogen-bond donors (Lipinski definition) is 0. The van der Waals surface area contributed by atoms with Crippen molar-refractivity contribution in [3.05, 3.63) is 0 Å². The van der Waals surface area contributed by atoms with Gasteiger partial charge in [0.05, 0.1) is 19.1 Å². The molecule has 3 nitrogen and oxygen atoms in total. The first-order chi connectivity index (χ1) is 5.20. The zero-order valence-electron chi connectivity index (χ0n) is 7.17. The van der Waals surface area contributed by atoms with Crippen molar-refractivity contribution in [2.45, 2.75) is 6.42 Å². The number of Topliss-reactive ketones (excluding diaryl/α,β-unsaturated/α-hetero) is 1. The first kappa shape index (κ1) is 8.68. The molecule has 0 radical (unpaired) electrons. The second-order valence-corrected chi connectivity index (χ2v) is 3.25. The van der Waals surface area contributed by atoms with E-state index in [-0.39, 0.29) is 5.92 Å². The first-order valence-electron chi connectivity index (χ1n) is 3.95. The quantitative estimate of drug-likeness (QED) is 0.571. The Kier molecular flexibility index (Phi) is 3.02. The number of carbonyl (C=O) groups is 1. The second-order valence-electron chi connectivity index (χ2n) is 3.25. The molecule has 1 aliphatic heterocycles. The summed E-state index contributed by atoms with van der Waals surface area (Å²) in [5, 5.41) is 0. The van der Waals surface area contributed by atoms with Crippen LogP contribution in [0.2, 0.25) is 0 Å². The fourth-order valence-corrected chi connectivity index (χ4v) is 1.29. The molecule has 11 heavy (non-hydrogen) atoms. The summed E-state index contributed by atoms with van der Waals surface area (Å²) in [4.78, 5) is 13.2. The van der Waals surface area contributed by atoms with E-state index in [2.05, 4.69) is 0 Å². The minimum Gasteiger partial charge on any atom is -0.380 e. The van der Waals surface area contributed by atoms with Crippen molar-refractivity contribution < 1.29 is 9.53 Å². The van der Waals surface area contributed by atoms with Crippen LogP contribution in [0.4, 0.5) is 0 Å². The molecule has 0 N–H and O–H groups in total. The monoisotopic (exact) mass is 157 g/mol. The van der Waals surface area contributed by atoms with E-state index in [0.717, 1.165) is 6.54 Å². The van der Waals surface area contributed by atoms with E-state index in [9.17, 15) is 4.79 Å². The molecule has 64 valence electrons. The normalized spacial score (nSPS) is 26.1. The van der Waals surface area contributed by atoms with Gasteiger partial charge in [-0.2, -0.15) is 0 Å². The van der Waals surface area contributed by atoms with Crippen molar-refractivity contribution in [1.82, 2.24) is 4.90 Å². The van der Waals surface area contributed by atoms with Gasteiger partial charge in [-0.3, -0.25) is 4.79 Å². The van der Waals surface area contributed by atoms with Crippen LogP contribution in [0.1, 0.15) is 6.42 Å². The molecule has 1 heterocycles. The second kappa shape index (κ2) is 3.83. The van der Waals surface area contributed by atoms with Crippen molar-refractivity contribution in [2.24, 2.45) is 5.92 Å². The molecule has 3 heteroatoms. The van der Waals surface area contributed by atoms with Crippen molar-refractivity contribution in [3.63, 3.8) is 0 Å². The lowest BCUT2D eigenvalue weighted by Gasteiger charge is -2.23. The van der Waals surface area contributed by atoms with E-state index in [1.165, 1.54) is 0 Å². The van der Waals surface area contributed by atoms with Crippen LogP contribution in [0.25, 0.3) is 0 Å². The van der Waals surface area contributed by atoms with Gasteiger partial charge >= 0.3 is 0 Å². The van der Waals surface area contributed by atoms with Gasteiger partial charge in [-0.25, -0.2) is 0 Å². The molecule has 0 spiro atoms. The predicted molar refractivity (Wildman–Crippen MR) is 42.5 cm³/mol. The summed E-state index contributed by atoms with van der Waals surface area (Å²) in [6.07, 6.45) is 0.596. The highest BCUT2D eigenvalue weighted by Crippen LogP contribution is 2.09. The van der Waals surface area contributed by atoms with Gasteiger partial charge in [0.1, 0.15) is 5.78 Å². The van der Waals surface area contributed by atoms with Crippen LogP contribution in [0.3, 0.4) is 0 Å². The summed E-state index contributed by atoms with van der Waals surface area (Å²) in [7, 11) is 3.95. The molecule has 0 bridgehead atoms. The average molecular weight is 157 g/mol. The Morgan fingerprint density at radius 3 is 2.91 bits per heavy atom. The average Bonchev–Trinajstić information content (AvgIpc) is 1.93. The minimum absolute atomic E-state index is 0.110. The van der Waals surface area contributed by atoms with Crippen LogP contribution in [-0.2, 0) is 9.53 Å². The third-order valence-corrected chi connectivity index (χ3v) is 1.85. The summed E-state index contributed by atoms with van der Waals surface area (Å²) in [6.45, 7) is 2.04. The number of carbonyl (C=O) groups excluding carboxylic acids is 1. The van der Waals surface area contributed by atoms with E-state index >= 15 is 0 Å². The number of hydrogen-bond acceptors (Lipinski definition) is 3. The maximum Gasteiger partial charge on any atom is 0.141 e. The van der Waals surface area contributed by atoms with Gasteiger partial charge in [-0.1, -0.05) is 0 Å². The van der Waals surface area contributed by atoms with E-state index in [1.807, 2.05) is 19.0 Å². The smallest absolute Gasteiger partial charge is 0.141 e. The first-order valence-corrected chi connectivity index (χ1v) is 3.95. The van der Waals surface area contributed by atoms with Crippen molar-refractivity contribution in [3.8, 4) is 0 Å². The fraction of sp³-hybridized carbons (Fsp3) is 0.875. The fourth-order valence-electron chi connectivity index (χ4n) is 1.29. The summed E-state index contributed by atoms with van der Waals surface area (Å²) in [5.41, 5.74) is 0. The van der Waals surface area contributed by atoms with Crippen LogP contribution in [0, 0.1) is 5.92 Å². The van der Waals surface area contributed by atoms with E-state index in [0.29, 0.717) is 25.4 Å². The molecule has 1 unspecified atom stereocenters. The molecule has 0 aromatic rings. The highest BCUT2D eigenvalue weighted by Gasteiger charge is 2.22. The molecular weight excluding hydrogens is 142 g/mol. The number of rotatable bonds is 2. The molecule has 1 saturated heterocycles. The predicted octanol–water partition coefficient (Wildman–Crippen LogP) is 0.154. The van der Waals surface area contributed by atoms with Crippen molar-refractivity contribution in [2.75, 3.05) is 33.9 Å². The van der Waals surface area contributed by atoms with Gasteiger partial charge in [0, 0.05) is 13.0 Å². The summed E-state index contributed by atoms with van der Waals surface area (Å²) in [6, 6.07) is 0. The van der Waals surface area contributed by atoms with Gasteiger partial charge < -0.3 is 9.64 Å². The van der Waals surface area contributed by atoms with Gasteiger partial charge in [0.25, 0.3) is 0 Å². The molecule has 0 aliphatic carbocycles. The van der Waals surface area contributed by atoms with Gasteiger partial charge in [-0.15, -0.1) is 0 Å². The van der Waals surface area contributed by atoms with Crippen LogP contribution in [0.15, 0.2) is 0 Å². The largest absolute Gasteiger partial charge is 0.380 e. The Balaban J connectivity index is 2.36. The third-order valence-electron chi connectivity index (χ3n) is 1.85. The molecule has 1 atom stereocenters. The molecular formula is C8H15NO2. The lowest BCUT2D eigenvalue weighted by Crippen LogP contribution is -2.35. The zero-order chi connectivity index (χ0) is 8.27. The minimum atomic E-state index is 0.110. The summed E-state index contributed by atoms with van der Waals surface area (Å²) >= 11 is 0. The van der Waals surface area contributed by atoms with E-state index in [4.69, 9.17) is 4.74 Å². The molecule has 0 amide bonds. The number of nitrogens with zero attached hydrogens (tertiary/aromatic N) is 1. The van der Waals surface area contributed by atoms with Crippen molar-refractivity contribution >= 4 is 5.78 Å². The Hall–Kier alpha value is -0.410. The van der Waals surface area contributed by atoms with Crippen molar-refractivity contribution in [1.29, 1.82) is 0 Å². The van der Waals surface area contributed by atoms with Crippen LogP contribution < -0.4 is 0 Å². The molecule has 1 fully saturated rings. The van der Waals surface area contributed by atoms with Gasteiger partial charge in [-0.05, 0) is 14.1 Å². The van der Waals surface area contributed by atoms with Crippen LogP contribution in [-0.4, -0.2) is 44.5 Å². The Labute approximate surface area is 67.3 Å². The SMILES string of the molecule is CN(C)CC1COCCC1=O. The molecule has 1 aliphatic rings. The lowest BCUT2D eigenvalue weighted by molar-refractivity contribution is -0.131. The standard InChI is InChI=1S/C8H15NO2/c1-9(2)5-7-6-11-4-3-8(7)10/h7H,3-6H2,1-2H3. The maximum atomic E-state index is 11.2. The van der Waals surface area contributed by atoms with Crippen LogP contribution in [0.5, 0.6) is 0 Å². The molecule has 0 aromatic carbocycles. The lowest BCUT2D eigenvalue weighted by atomic mass is 10.0. The maximum absolute atomic E-state index is 11.2. The highest BCUT2D eigenvalue weighted by atomic mass is 16.5. The van der Waals surface area contributed by atoms with E-state index in [1.54, 1.807) is 0 Å². The number of ether oxygens (including phenoxy) is 1. The molecule has 0 saturated carbocycles. The Morgan fingerprint density at radius 1 is 1.64 bits per heavy atom.